The van der Waals surface area contributed by atoms with Crippen molar-refractivity contribution in [3.05, 3.63) is 0 Å². The predicted molar refractivity (Wildman–Crippen MR) is 107 cm³/mol. The molecule has 1 N–H and O–H groups in total. The first-order valence-corrected chi connectivity index (χ1v) is 10.8. The Labute approximate surface area is 161 Å². The van der Waals surface area contributed by atoms with Gasteiger partial charge in [0.15, 0.2) is 14.1 Å². The topological polar surface area (TPSA) is 45.2 Å². The molecular weight excluding hydrogens is 353 g/mol. The predicted octanol–water partition coefficient (Wildman–Crippen LogP) is 3.45. The Morgan fingerprint density at radius 1 is 1.04 bits per heavy atom. The minimum absolute atomic E-state index is 0.103. The highest BCUT2D eigenvalue weighted by Crippen LogP contribution is 2.51. The van der Waals surface area contributed by atoms with Crippen LogP contribution in [0.1, 0.15) is 62.3 Å². The third-order valence-corrected chi connectivity index (χ3v) is 7.69. The Balaban J connectivity index is 3.03. The van der Waals surface area contributed by atoms with E-state index in [9.17, 15) is 9.50 Å². The molecule has 0 aromatic rings. The summed E-state index contributed by atoms with van der Waals surface area (Å²) in [6, 6.07) is -0.0168. The summed E-state index contributed by atoms with van der Waals surface area (Å²) in [6.07, 6.45) is -2.07. The molecule has 0 amide bonds. The summed E-state index contributed by atoms with van der Waals surface area (Å²) in [7, 11) is 4.57. The van der Waals surface area contributed by atoms with Crippen molar-refractivity contribution in [2.45, 2.75) is 110 Å². The standard InChI is InChI=1S/C18H37BFN2O3P/c1-11(2)21(12(3)4)26(22(13(5)6)14(7)8)24-10-15-16(23)18(9,20)17(19)25-15/h11-17,23H,10H2,1-9H3/t15-,16-,17-,18-/m1/s1. The van der Waals surface area contributed by atoms with Crippen molar-refractivity contribution in [1.82, 2.24) is 9.34 Å². The molecule has 2 radical (unpaired) electrons. The number of hydrogen-bond acceptors (Lipinski definition) is 5. The van der Waals surface area contributed by atoms with Crippen LogP contribution in [0.15, 0.2) is 0 Å². The van der Waals surface area contributed by atoms with E-state index in [0.29, 0.717) is 0 Å². The van der Waals surface area contributed by atoms with E-state index in [1.54, 1.807) is 0 Å². The van der Waals surface area contributed by atoms with Crippen molar-refractivity contribution in [2.75, 3.05) is 6.61 Å². The van der Waals surface area contributed by atoms with Gasteiger partial charge >= 0.3 is 0 Å². The molecule has 26 heavy (non-hydrogen) atoms. The minimum Gasteiger partial charge on any atom is -0.387 e. The molecule has 0 unspecified atom stereocenters. The van der Waals surface area contributed by atoms with Crippen LogP contribution in [0.5, 0.6) is 0 Å². The summed E-state index contributed by atoms with van der Waals surface area (Å²) in [4.78, 5) is 0. The Morgan fingerprint density at radius 2 is 1.42 bits per heavy atom. The molecule has 1 saturated heterocycles. The van der Waals surface area contributed by atoms with Crippen molar-refractivity contribution < 1.29 is 18.8 Å². The minimum atomic E-state index is -1.97. The third kappa shape index (κ3) is 5.39. The van der Waals surface area contributed by atoms with E-state index in [0.717, 1.165) is 0 Å². The normalized spacial score (nSPS) is 30.3. The number of alkyl halides is 1. The van der Waals surface area contributed by atoms with Crippen molar-refractivity contribution >= 4 is 16.3 Å². The van der Waals surface area contributed by atoms with E-state index in [1.165, 1.54) is 6.92 Å². The Hall–Kier alpha value is 0.225. The summed E-state index contributed by atoms with van der Waals surface area (Å²) >= 11 is 0. The van der Waals surface area contributed by atoms with E-state index in [1.807, 2.05) is 0 Å². The van der Waals surface area contributed by atoms with Crippen molar-refractivity contribution in [3.8, 4) is 0 Å². The van der Waals surface area contributed by atoms with Gasteiger partial charge in [0.2, 0.25) is 0 Å². The number of aliphatic hydroxyl groups is 1. The zero-order chi connectivity index (χ0) is 20.4. The van der Waals surface area contributed by atoms with Crippen LogP contribution in [0.25, 0.3) is 0 Å². The summed E-state index contributed by atoms with van der Waals surface area (Å²) in [6.45, 7) is 18.5. The highest BCUT2D eigenvalue weighted by atomic mass is 31.2. The number of halogens is 1. The molecule has 8 heteroatoms. The highest BCUT2D eigenvalue weighted by Gasteiger charge is 2.51. The van der Waals surface area contributed by atoms with Gasteiger partial charge in [-0.1, -0.05) is 0 Å². The average molecular weight is 390 g/mol. The summed E-state index contributed by atoms with van der Waals surface area (Å²) in [5, 5.41) is 10.2. The number of aliphatic hydroxyl groups excluding tert-OH is 1. The fourth-order valence-corrected chi connectivity index (χ4v) is 5.80. The average Bonchev–Trinajstić information content (AvgIpc) is 2.66. The van der Waals surface area contributed by atoms with Gasteiger partial charge in [-0.25, -0.2) is 13.7 Å². The molecule has 0 spiro atoms. The van der Waals surface area contributed by atoms with E-state index < -0.39 is 32.3 Å². The number of rotatable bonds is 9. The summed E-state index contributed by atoms with van der Waals surface area (Å²) < 4.78 is 30.9. The second-order valence-electron chi connectivity index (χ2n) is 8.37. The number of nitrogens with zero attached hydrogens (tertiary/aromatic N) is 2. The van der Waals surface area contributed by atoms with Crippen molar-refractivity contribution in [1.29, 1.82) is 0 Å². The SMILES string of the molecule is [B][C@@H]1O[C@H](COP(N(C(C)C)C(C)C)N(C(C)C)C(C)C)[C@@H](O)[C@@]1(C)F. The summed E-state index contributed by atoms with van der Waals surface area (Å²) in [5.41, 5.74) is -1.97. The van der Waals surface area contributed by atoms with E-state index >= 15 is 0 Å². The molecule has 5 nitrogen and oxygen atoms in total. The molecule has 1 aliphatic rings. The molecule has 4 atom stereocenters. The summed E-state index contributed by atoms with van der Waals surface area (Å²) in [5.74, 6) is 0. The lowest BCUT2D eigenvalue weighted by Crippen LogP contribution is -2.45. The second kappa shape index (κ2) is 9.62. The molecule has 152 valence electrons. The maximum Gasteiger partial charge on any atom is 0.189 e. The van der Waals surface area contributed by atoms with Crippen LogP contribution in [0, 0.1) is 0 Å². The van der Waals surface area contributed by atoms with Crippen LogP contribution < -0.4 is 0 Å². The molecular formula is C18H37BFN2O3P. The van der Waals surface area contributed by atoms with Crippen molar-refractivity contribution in [3.63, 3.8) is 0 Å². The molecule has 1 rings (SSSR count). The maximum absolute atomic E-state index is 14.4. The molecule has 0 bridgehead atoms. The molecule has 1 aliphatic heterocycles. The van der Waals surface area contributed by atoms with Crippen LogP contribution in [0.3, 0.4) is 0 Å². The van der Waals surface area contributed by atoms with Gasteiger partial charge in [-0.2, -0.15) is 0 Å². The van der Waals surface area contributed by atoms with Gasteiger partial charge in [0.05, 0.1) is 12.6 Å². The maximum atomic E-state index is 14.4. The molecule has 1 heterocycles. The van der Waals surface area contributed by atoms with Gasteiger partial charge in [-0.15, -0.1) is 0 Å². The molecule has 1 fully saturated rings. The highest BCUT2D eigenvalue weighted by molar-refractivity contribution is 7.47. The lowest BCUT2D eigenvalue weighted by molar-refractivity contribution is -0.00778. The molecule has 0 saturated carbocycles. The van der Waals surface area contributed by atoms with Gasteiger partial charge in [0, 0.05) is 24.2 Å². The second-order valence-corrected chi connectivity index (χ2v) is 10.1. The Bertz CT molecular complexity index is 405. The smallest absolute Gasteiger partial charge is 0.189 e. The van der Waals surface area contributed by atoms with Gasteiger partial charge in [0.1, 0.15) is 20.1 Å². The van der Waals surface area contributed by atoms with Crippen LogP contribution in [-0.2, 0) is 9.26 Å². The van der Waals surface area contributed by atoms with Gasteiger partial charge in [-0.3, -0.25) is 0 Å². The quantitative estimate of drug-likeness (QED) is 0.483. The monoisotopic (exact) mass is 390 g/mol. The number of ether oxygens (including phenoxy) is 1. The van der Waals surface area contributed by atoms with Gasteiger partial charge in [0.25, 0.3) is 0 Å². The first-order chi connectivity index (χ1) is 11.8. The van der Waals surface area contributed by atoms with Crippen LogP contribution in [0.2, 0.25) is 0 Å². The molecule has 0 aromatic carbocycles. The number of hydrogen-bond donors (Lipinski definition) is 1. The van der Waals surface area contributed by atoms with Gasteiger partial charge in [-0.05, 0) is 62.3 Å². The van der Waals surface area contributed by atoms with Crippen LogP contribution in [0.4, 0.5) is 4.39 Å². The zero-order valence-corrected chi connectivity index (χ0v) is 18.7. The fraction of sp³-hybridized carbons (Fsp3) is 1.00. The van der Waals surface area contributed by atoms with E-state index in [4.69, 9.17) is 17.1 Å². The lowest BCUT2D eigenvalue weighted by Gasteiger charge is -2.46. The fourth-order valence-electron chi connectivity index (χ4n) is 3.43. The van der Waals surface area contributed by atoms with Gasteiger partial charge < -0.3 is 14.4 Å². The Kier molecular flexibility index (Phi) is 8.98. The van der Waals surface area contributed by atoms with E-state index in [2.05, 4.69) is 64.7 Å². The Morgan fingerprint density at radius 3 is 1.69 bits per heavy atom. The third-order valence-electron chi connectivity index (χ3n) is 4.67. The first kappa shape index (κ1) is 24.3. The van der Waals surface area contributed by atoms with Crippen LogP contribution in [-0.4, -0.2) is 76.9 Å². The first-order valence-electron chi connectivity index (χ1n) is 9.59. The zero-order valence-electron chi connectivity index (χ0n) is 17.8. The van der Waals surface area contributed by atoms with E-state index in [-0.39, 0.29) is 30.8 Å². The lowest BCUT2D eigenvalue weighted by atomic mass is 9.83. The van der Waals surface area contributed by atoms with Crippen molar-refractivity contribution in [2.24, 2.45) is 0 Å². The van der Waals surface area contributed by atoms with Crippen LogP contribution >= 0.6 is 8.45 Å². The largest absolute Gasteiger partial charge is 0.387 e. The molecule has 0 aromatic heterocycles. The molecule has 0 aliphatic carbocycles.